The zero-order chi connectivity index (χ0) is 14.4. The van der Waals surface area contributed by atoms with Crippen molar-refractivity contribution >= 4 is 11.7 Å². The van der Waals surface area contributed by atoms with Gasteiger partial charge in [0.15, 0.2) is 5.83 Å². The second kappa shape index (κ2) is 4.07. The summed E-state index contributed by atoms with van der Waals surface area (Å²) in [5.74, 6) is -2.33. The third-order valence-electron chi connectivity index (χ3n) is 3.15. The number of amides is 1. The molecule has 2 rings (SSSR count). The molecule has 0 spiro atoms. The Hall–Kier alpha value is -1.86. The van der Waals surface area contributed by atoms with Crippen LogP contribution in [0.1, 0.15) is 18.5 Å². The topological polar surface area (TPSA) is 46.9 Å². The van der Waals surface area contributed by atoms with Crippen LogP contribution < -0.4 is 5.32 Å². The largest absolute Gasteiger partial charge is 0.400 e. The fourth-order valence-electron chi connectivity index (χ4n) is 1.81. The smallest absolute Gasteiger partial charge is 0.305 e. The number of hydrogen-bond acceptors (Lipinski definition) is 2. The molecule has 104 valence electrons. The number of aromatic nitrogens is 2. The summed E-state index contributed by atoms with van der Waals surface area (Å²) in [5.41, 5.74) is -2.09. The van der Waals surface area contributed by atoms with Gasteiger partial charge in [0, 0.05) is 13.1 Å². The van der Waals surface area contributed by atoms with Gasteiger partial charge in [-0.25, -0.2) is 4.39 Å². The summed E-state index contributed by atoms with van der Waals surface area (Å²) in [6, 6.07) is 1.11. The van der Waals surface area contributed by atoms with Crippen molar-refractivity contribution in [1.29, 1.82) is 0 Å². The number of nitrogens with one attached hydrogen (secondary N) is 1. The van der Waals surface area contributed by atoms with Crippen LogP contribution in [0.25, 0.3) is 0 Å². The number of nitrogens with zero attached hydrogens (tertiary/aromatic N) is 2. The van der Waals surface area contributed by atoms with Gasteiger partial charge in [-0.1, -0.05) is 6.58 Å². The molecular weight excluding hydrogens is 266 g/mol. The highest BCUT2D eigenvalue weighted by molar-refractivity contribution is 6.01. The van der Waals surface area contributed by atoms with E-state index in [1.165, 1.54) is 7.05 Å². The first-order chi connectivity index (χ1) is 8.67. The Morgan fingerprint density at radius 2 is 2.11 bits per heavy atom. The highest BCUT2D eigenvalue weighted by Crippen LogP contribution is 2.58. The van der Waals surface area contributed by atoms with E-state index in [1.807, 2.05) is 0 Å². The van der Waals surface area contributed by atoms with E-state index >= 15 is 0 Å². The molecule has 1 saturated carbocycles. The van der Waals surface area contributed by atoms with Crippen LogP contribution in [0.5, 0.6) is 0 Å². The van der Waals surface area contributed by atoms with Gasteiger partial charge < -0.3 is 5.32 Å². The molecule has 4 nitrogen and oxygen atoms in total. The van der Waals surface area contributed by atoms with Crippen LogP contribution in [-0.4, -0.2) is 21.9 Å². The van der Waals surface area contributed by atoms with Gasteiger partial charge in [-0.15, -0.1) is 0 Å². The van der Waals surface area contributed by atoms with Gasteiger partial charge in [-0.2, -0.15) is 18.3 Å². The monoisotopic (exact) mass is 277 g/mol. The molecule has 0 atom stereocenters. The number of alkyl halides is 3. The van der Waals surface area contributed by atoms with E-state index in [1.54, 1.807) is 0 Å². The van der Waals surface area contributed by atoms with Crippen LogP contribution in [-0.2, 0) is 17.3 Å². The first kappa shape index (κ1) is 13.6. The number of aryl methyl sites for hydroxylation is 1. The fourth-order valence-corrected chi connectivity index (χ4v) is 1.81. The van der Waals surface area contributed by atoms with E-state index in [4.69, 9.17) is 0 Å². The molecule has 0 bridgehead atoms. The predicted octanol–water partition coefficient (Wildman–Crippen LogP) is 2.44. The van der Waals surface area contributed by atoms with E-state index in [0.29, 0.717) is 0 Å². The Kier molecular flexibility index (Phi) is 2.91. The molecule has 1 fully saturated rings. The lowest BCUT2D eigenvalue weighted by molar-refractivity contribution is -0.161. The first-order valence-electron chi connectivity index (χ1n) is 5.44. The first-order valence-corrected chi connectivity index (χ1v) is 5.44. The van der Waals surface area contributed by atoms with Gasteiger partial charge in [0.2, 0.25) is 0 Å². The highest BCUT2D eigenvalue weighted by atomic mass is 19.4. The van der Waals surface area contributed by atoms with Crippen molar-refractivity contribution in [2.24, 2.45) is 7.05 Å². The average molecular weight is 277 g/mol. The molecule has 1 amide bonds. The Morgan fingerprint density at radius 3 is 2.53 bits per heavy atom. The Bertz CT molecular complexity index is 543. The highest BCUT2D eigenvalue weighted by Gasteiger charge is 2.65. The number of carbonyl (C=O) groups is 1. The molecule has 0 unspecified atom stereocenters. The van der Waals surface area contributed by atoms with Crippen LogP contribution in [0, 0.1) is 0 Å². The minimum Gasteiger partial charge on any atom is -0.305 e. The number of halogens is 4. The minimum absolute atomic E-state index is 0.00525. The minimum atomic E-state index is -4.38. The third-order valence-corrected chi connectivity index (χ3v) is 3.15. The van der Waals surface area contributed by atoms with Gasteiger partial charge in [-0.05, 0) is 12.8 Å². The third kappa shape index (κ3) is 2.22. The molecular formula is C11H11F4N3O. The van der Waals surface area contributed by atoms with Gasteiger partial charge in [0.1, 0.15) is 11.2 Å². The lowest BCUT2D eigenvalue weighted by atomic mass is 10.0. The van der Waals surface area contributed by atoms with Gasteiger partial charge >= 0.3 is 6.18 Å². The van der Waals surface area contributed by atoms with Crippen LogP contribution in [0.15, 0.2) is 18.5 Å². The van der Waals surface area contributed by atoms with E-state index in [9.17, 15) is 22.4 Å². The molecule has 8 heteroatoms. The van der Waals surface area contributed by atoms with Crippen molar-refractivity contribution in [3.05, 3.63) is 24.2 Å². The molecule has 1 aliphatic carbocycles. The molecule has 1 aromatic rings. The van der Waals surface area contributed by atoms with Gasteiger partial charge in [0.05, 0.1) is 5.69 Å². The average Bonchev–Trinajstić information content (AvgIpc) is 3.00. The number of hydrogen-bond donors (Lipinski definition) is 1. The molecule has 19 heavy (non-hydrogen) atoms. The Balaban J connectivity index is 2.28. The van der Waals surface area contributed by atoms with Gasteiger partial charge in [-0.3, -0.25) is 9.48 Å². The lowest BCUT2D eigenvalue weighted by Gasteiger charge is -2.16. The molecule has 0 aliphatic heterocycles. The summed E-state index contributed by atoms with van der Waals surface area (Å²) in [7, 11) is 1.37. The summed E-state index contributed by atoms with van der Waals surface area (Å²) in [4.78, 5) is 11.1. The second-order valence-corrected chi connectivity index (χ2v) is 4.48. The molecule has 0 saturated heterocycles. The maximum atomic E-state index is 12.9. The Morgan fingerprint density at radius 1 is 1.53 bits per heavy atom. The van der Waals surface area contributed by atoms with Crippen molar-refractivity contribution in [2.75, 3.05) is 5.32 Å². The van der Waals surface area contributed by atoms with Crippen molar-refractivity contribution in [3.8, 4) is 0 Å². The zero-order valence-electron chi connectivity index (χ0n) is 10.0. The van der Waals surface area contributed by atoms with Crippen LogP contribution in [0.2, 0.25) is 0 Å². The SMILES string of the molecule is C=C(F)C(=O)Nc1cc(C2(C(F)(F)F)CC2)nn1C. The standard InChI is InChI=1S/C11H11F4N3O/c1-6(12)9(19)16-8-5-7(17-18(8)2)10(3-4-10)11(13,14)15/h5H,1,3-4H2,2H3,(H,16,19). The number of rotatable bonds is 3. The number of carbonyl (C=O) groups excluding carboxylic acids is 1. The summed E-state index contributed by atoms with van der Waals surface area (Å²) in [6.07, 6.45) is -4.44. The van der Waals surface area contributed by atoms with Crippen molar-refractivity contribution in [2.45, 2.75) is 24.4 Å². The van der Waals surface area contributed by atoms with Crippen LogP contribution in [0.3, 0.4) is 0 Å². The second-order valence-electron chi connectivity index (χ2n) is 4.48. The molecule has 1 aliphatic rings. The van der Waals surface area contributed by atoms with Crippen LogP contribution >= 0.6 is 0 Å². The van der Waals surface area contributed by atoms with E-state index < -0.39 is 23.3 Å². The van der Waals surface area contributed by atoms with Gasteiger partial charge in [0.25, 0.3) is 5.91 Å². The Labute approximate surface area is 106 Å². The van der Waals surface area contributed by atoms with Crippen molar-refractivity contribution in [3.63, 3.8) is 0 Å². The zero-order valence-corrected chi connectivity index (χ0v) is 10.0. The normalized spacial score (nSPS) is 17.1. The summed E-state index contributed by atoms with van der Waals surface area (Å²) in [6.45, 7) is 2.80. The molecule has 1 N–H and O–H groups in total. The fraction of sp³-hybridized carbons (Fsp3) is 0.455. The number of anilines is 1. The quantitative estimate of drug-likeness (QED) is 0.681. The van der Waals surface area contributed by atoms with E-state index in [0.717, 1.165) is 10.7 Å². The van der Waals surface area contributed by atoms with Crippen molar-refractivity contribution < 1.29 is 22.4 Å². The molecule has 1 aromatic heterocycles. The summed E-state index contributed by atoms with van der Waals surface area (Å²) < 4.78 is 52.3. The van der Waals surface area contributed by atoms with Crippen LogP contribution in [0.4, 0.5) is 23.4 Å². The summed E-state index contributed by atoms with van der Waals surface area (Å²) >= 11 is 0. The van der Waals surface area contributed by atoms with Crippen molar-refractivity contribution in [1.82, 2.24) is 9.78 Å². The molecule has 0 radical (unpaired) electrons. The lowest BCUT2D eigenvalue weighted by Crippen LogP contribution is -2.29. The maximum Gasteiger partial charge on any atom is 0.400 e. The molecule has 0 aromatic carbocycles. The molecule has 1 heterocycles. The predicted molar refractivity (Wildman–Crippen MR) is 59.1 cm³/mol. The summed E-state index contributed by atoms with van der Waals surface area (Å²) in [5, 5.41) is 5.85. The van der Waals surface area contributed by atoms with E-state index in [-0.39, 0.29) is 24.4 Å². The maximum absolute atomic E-state index is 12.9. The van der Waals surface area contributed by atoms with E-state index in [2.05, 4.69) is 17.0 Å².